The quantitative estimate of drug-likeness (QED) is 0.375. The van der Waals surface area contributed by atoms with E-state index in [1.807, 2.05) is 67.5 Å². The van der Waals surface area contributed by atoms with Gasteiger partial charge in [-0.05, 0) is 54.7 Å². The molecule has 1 aromatic heterocycles. The van der Waals surface area contributed by atoms with E-state index in [-0.39, 0.29) is 24.1 Å². The third kappa shape index (κ3) is 5.82. The van der Waals surface area contributed by atoms with Crippen LogP contribution in [-0.2, 0) is 18.9 Å². The fourth-order valence-corrected chi connectivity index (χ4v) is 5.11. The highest BCUT2D eigenvalue weighted by Gasteiger charge is 2.37. The van der Waals surface area contributed by atoms with Crippen LogP contribution in [0.3, 0.4) is 0 Å². The number of fused-ring (bicyclic) bond motifs is 2. The molecule has 0 saturated carbocycles. The monoisotopic (exact) mass is 543 g/mol. The fourth-order valence-electron chi connectivity index (χ4n) is 5.11. The van der Waals surface area contributed by atoms with Crippen molar-refractivity contribution in [2.45, 2.75) is 39.2 Å². The molecular weight excluding hydrogens is 516 g/mol. The van der Waals surface area contributed by atoms with E-state index < -0.39 is 23.5 Å². The molecule has 3 aromatic rings. The molecule has 0 aliphatic carbocycles. The highest BCUT2D eigenvalue weighted by molar-refractivity contribution is 5.80. The molecule has 2 aromatic carbocycles. The molecule has 0 fully saturated rings. The lowest BCUT2D eigenvalue weighted by Gasteiger charge is -2.36. The first-order valence-electron chi connectivity index (χ1n) is 12.6. The van der Waals surface area contributed by atoms with Crippen LogP contribution in [0.15, 0.2) is 72.7 Å². The Hall–Kier alpha value is -3.75. The second kappa shape index (κ2) is 10.1. The predicted molar refractivity (Wildman–Crippen MR) is 137 cm³/mol. The molecule has 2 aliphatic heterocycles. The lowest BCUT2D eigenvalue weighted by molar-refractivity contribution is -0.143. The molecule has 0 N–H and O–H groups in total. The largest absolute Gasteiger partial charge is 0.416 e. The summed E-state index contributed by atoms with van der Waals surface area (Å²) in [7, 11) is 0. The summed E-state index contributed by atoms with van der Waals surface area (Å²) in [4.78, 5) is 8.47. The van der Waals surface area contributed by atoms with Gasteiger partial charge in [0.2, 0.25) is 0 Å². The smallest absolute Gasteiger partial charge is 0.371 e. The summed E-state index contributed by atoms with van der Waals surface area (Å²) >= 11 is 0. The second-order valence-electron chi connectivity index (χ2n) is 10.3. The summed E-state index contributed by atoms with van der Waals surface area (Å²) in [6, 6.07) is 13.7. The summed E-state index contributed by atoms with van der Waals surface area (Å²) in [5, 5.41) is 1.72. The Morgan fingerprint density at radius 2 is 1.56 bits per heavy atom. The van der Waals surface area contributed by atoms with Gasteiger partial charge in [-0.15, -0.1) is 0 Å². The average Bonchev–Trinajstić information content (AvgIpc) is 2.86. The summed E-state index contributed by atoms with van der Waals surface area (Å²) in [5.41, 5.74) is 1.13. The van der Waals surface area contributed by atoms with Crippen molar-refractivity contribution in [3.63, 3.8) is 0 Å². The molecule has 1 atom stereocenters. The zero-order valence-electron chi connectivity index (χ0n) is 21.4. The first kappa shape index (κ1) is 26.8. The van der Waals surface area contributed by atoms with E-state index >= 15 is 0 Å². The van der Waals surface area contributed by atoms with Crippen LogP contribution in [0, 0.1) is 12.8 Å². The van der Waals surface area contributed by atoms with Crippen LogP contribution in [0.2, 0.25) is 0 Å². The van der Waals surface area contributed by atoms with Crippen LogP contribution in [-0.4, -0.2) is 27.9 Å². The number of rotatable bonds is 3. The molecule has 0 spiro atoms. The molecule has 39 heavy (non-hydrogen) atoms. The lowest BCUT2D eigenvalue weighted by atomic mass is 9.95. The third-order valence-corrected chi connectivity index (χ3v) is 7.04. The van der Waals surface area contributed by atoms with Gasteiger partial charge in [0.25, 0.3) is 0 Å². The maximum absolute atomic E-state index is 13.5. The number of pyridine rings is 1. The van der Waals surface area contributed by atoms with Crippen molar-refractivity contribution in [1.82, 2.24) is 14.8 Å². The number of hydrogen-bond acceptors (Lipinski definition) is 3. The molecule has 0 amide bonds. The number of hydrogen-bond donors (Lipinski definition) is 0. The van der Waals surface area contributed by atoms with Crippen LogP contribution in [0.5, 0.6) is 0 Å². The molecule has 0 radical (unpaired) electrons. The van der Waals surface area contributed by atoms with Crippen molar-refractivity contribution in [3.8, 4) is 0 Å². The summed E-state index contributed by atoms with van der Waals surface area (Å²) in [6.07, 6.45) is -3.45. The molecule has 2 aliphatic rings. The number of alkyl halides is 6. The SMILES string of the molecule is Cc1ccc(C2=c3cccnc3=CN3CCC(C)CN(Cc4cc(C(F)(F)F)cc(C(F)(F)F)c4)C=C23)cc1. The molecule has 0 bridgehead atoms. The normalized spacial score (nSPS) is 18.0. The minimum atomic E-state index is -4.89. The van der Waals surface area contributed by atoms with Gasteiger partial charge in [0.1, 0.15) is 0 Å². The molecular formula is C30H27F6N3. The lowest BCUT2D eigenvalue weighted by Crippen LogP contribution is -2.42. The van der Waals surface area contributed by atoms with E-state index in [4.69, 9.17) is 0 Å². The van der Waals surface area contributed by atoms with Gasteiger partial charge in [0, 0.05) is 49.0 Å². The van der Waals surface area contributed by atoms with Gasteiger partial charge < -0.3 is 9.80 Å². The molecule has 0 saturated heterocycles. The standard InChI is InChI=1S/C30H27F6N3/c1-19-5-7-22(8-6-19)28-25-4-3-10-37-26(25)17-39-11-9-20(2)15-38(18-27(28)39)16-21-12-23(29(31,32)33)14-24(13-21)30(34,35)36/h3-8,10,12-14,17-18,20H,9,11,15-16H2,1-2H3. The molecule has 3 heterocycles. The predicted octanol–water partition coefficient (Wildman–Crippen LogP) is 6.06. The van der Waals surface area contributed by atoms with E-state index in [2.05, 4.69) is 9.88 Å². The highest BCUT2D eigenvalue weighted by atomic mass is 19.4. The number of aryl methyl sites for hydroxylation is 1. The van der Waals surface area contributed by atoms with Gasteiger partial charge in [-0.1, -0.05) is 42.8 Å². The topological polar surface area (TPSA) is 19.4 Å². The van der Waals surface area contributed by atoms with Crippen molar-refractivity contribution in [3.05, 3.63) is 111 Å². The van der Waals surface area contributed by atoms with Crippen LogP contribution in [0.1, 0.15) is 41.2 Å². The number of aromatic nitrogens is 1. The summed E-state index contributed by atoms with van der Waals surface area (Å²) in [5.74, 6) is 0.150. The molecule has 5 rings (SSSR count). The van der Waals surface area contributed by atoms with Gasteiger partial charge in [0.05, 0.1) is 22.2 Å². The van der Waals surface area contributed by atoms with Crippen molar-refractivity contribution in [1.29, 1.82) is 0 Å². The Morgan fingerprint density at radius 3 is 2.21 bits per heavy atom. The van der Waals surface area contributed by atoms with E-state index in [9.17, 15) is 26.3 Å². The molecule has 204 valence electrons. The Bertz CT molecular complexity index is 1490. The summed E-state index contributed by atoms with van der Waals surface area (Å²) < 4.78 is 81.1. The van der Waals surface area contributed by atoms with E-state index in [0.717, 1.165) is 51.5 Å². The minimum Gasteiger partial charge on any atom is -0.371 e. The van der Waals surface area contributed by atoms with E-state index in [1.165, 1.54) is 0 Å². The number of nitrogens with zero attached hydrogens (tertiary/aromatic N) is 3. The van der Waals surface area contributed by atoms with Crippen molar-refractivity contribution < 1.29 is 26.3 Å². The Morgan fingerprint density at radius 1 is 0.897 bits per heavy atom. The first-order valence-corrected chi connectivity index (χ1v) is 12.6. The van der Waals surface area contributed by atoms with Crippen LogP contribution >= 0.6 is 0 Å². The van der Waals surface area contributed by atoms with Gasteiger partial charge >= 0.3 is 12.4 Å². The summed E-state index contributed by atoms with van der Waals surface area (Å²) in [6.45, 7) is 5.10. The van der Waals surface area contributed by atoms with Crippen molar-refractivity contribution in [2.75, 3.05) is 13.1 Å². The Balaban J connectivity index is 1.65. The van der Waals surface area contributed by atoms with Crippen LogP contribution in [0.4, 0.5) is 26.3 Å². The van der Waals surface area contributed by atoms with E-state index in [1.54, 1.807) is 6.20 Å². The zero-order chi connectivity index (χ0) is 27.9. The first-order chi connectivity index (χ1) is 18.4. The average molecular weight is 544 g/mol. The van der Waals surface area contributed by atoms with Gasteiger partial charge in [0.15, 0.2) is 0 Å². The number of allylic oxidation sites excluding steroid dienone is 1. The Labute approximate surface area is 222 Å². The zero-order valence-corrected chi connectivity index (χ0v) is 21.4. The van der Waals surface area contributed by atoms with Crippen LogP contribution < -0.4 is 10.6 Å². The van der Waals surface area contributed by atoms with Crippen LogP contribution in [0.25, 0.3) is 11.8 Å². The van der Waals surface area contributed by atoms with Crippen molar-refractivity contribution >= 4 is 11.8 Å². The van der Waals surface area contributed by atoms with E-state index in [0.29, 0.717) is 13.1 Å². The highest BCUT2D eigenvalue weighted by Crippen LogP contribution is 2.37. The second-order valence-corrected chi connectivity index (χ2v) is 10.3. The Kier molecular flexibility index (Phi) is 6.95. The van der Waals surface area contributed by atoms with Gasteiger partial charge in [-0.25, -0.2) is 0 Å². The number of benzene rings is 2. The van der Waals surface area contributed by atoms with Gasteiger partial charge in [-0.3, -0.25) is 4.98 Å². The molecule has 9 heteroatoms. The minimum absolute atomic E-state index is 0.0490. The van der Waals surface area contributed by atoms with Gasteiger partial charge in [-0.2, -0.15) is 26.3 Å². The molecule has 1 unspecified atom stereocenters. The number of halogens is 6. The third-order valence-electron chi connectivity index (χ3n) is 7.04. The maximum Gasteiger partial charge on any atom is 0.416 e. The van der Waals surface area contributed by atoms with Crippen molar-refractivity contribution in [2.24, 2.45) is 5.92 Å². The molecule has 3 nitrogen and oxygen atoms in total. The maximum atomic E-state index is 13.5. The fraction of sp³-hybridized carbons (Fsp3) is 0.300.